The Balaban J connectivity index is 2.21. The Kier molecular flexibility index (Phi) is 3.12. The van der Waals surface area contributed by atoms with Crippen molar-refractivity contribution in [3.05, 3.63) is 28.9 Å². The molecule has 20 heavy (non-hydrogen) atoms. The van der Waals surface area contributed by atoms with E-state index in [1.807, 2.05) is 0 Å². The predicted molar refractivity (Wildman–Crippen MR) is 67.4 cm³/mol. The van der Waals surface area contributed by atoms with Gasteiger partial charge in [0.05, 0.1) is 23.8 Å². The lowest BCUT2D eigenvalue weighted by molar-refractivity contribution is -0.140. The fourth-order valence-corrected chi connectivity index (χ4v) is 2.24. The van der Waals surface area contributed by atoms with Crippen LogP contribution in [0.25, 0.3) is 10.9 Å². The molecular weight excluding hydrogens is 295 g/mol. The van der Waals surface area contributed by atoms with Gasteiger partial charge in [-0.2, -0.15) is 13.2 Å². The minimum atomic E-state index is -4.54. The maximum atomic E-state index is 12.7. The van der Waals surface area contributed by atoms with Gasteiger partial charge in [0.1, 0.15) is 5.69 Å². The molecule has 2 heterocycles. The van der Waals surface area contributed by atoms with E-state index in [2.05, 4.69) is 4.98 Å². The molecule has 3 rings (SSSR count). The van der Waals surface area contributed by atoms with Gasteiger partial charge in [-0.3, -0.25) is 0 Å². The average Bonchev–Trinajstić information content (AvgIpc) is 2.60. The second kappa shape index (κ2) is 4.70. The molecule has 0 unspecified atom stereocenters. The molecule has 0 spiro atoms. The molecule has 0 N–H and O–H groups in total. The van der Waals surface area contributed by atoms with Crippen molar-refractivity contribution >= 4 is 22.5 Å². The van der Waals surface area contributed by atoms with Gasteiger partial charge in [0.25, 0.3) is 0 Å². The van der Waals surface area contributed by atoms with Gasteiger partial charge in [0.15, 0.2) is 11.5 Å². The summed E-state index contributed by atoms with van der Waals surface area (Å²) in [5.74, 6) is 0.858. The highest BCUT2D eigenvalue weighted by Gasteiger charge is 2.33. The van der Waals surface area contributed by atoms with Crippen LogP contribution in [0.15, 0.2) is 18.2 Å². The number of rotatable bonds is 0. The number of ether oxygens (including phenoxy) is 2. The first-order valence-electron chi connectivity index (χ1n) is 5.92. The van der Waals surface area contributed by atoms with E-state index in [1.54, 1.807) is 6.07 Å². The first-order chi connectivity index (χ1) is 9.45. The smallest absolute Gasteiger partial charge is 0.433 e. The van der Waals surface area contributed by atoms with Gasteiger partial charge >= 0.3 is 6.18 Å². The van der Waals surface area contributed by atoms with Gasteiger partial charge in [0.2, 0.25) is 0 Å². The molecule has 0 amide bonds. The molecule has 0 atom stereocenters. The Morgan fingerprint density at radius 1 is 1.05 bits per heavy atom. The summed E-state index contributed by atoms with van der Waals surface area (Å²) in [7, 11) is 0. The third-order valence-electron chi connectivity index (χ3n) is 2.92. The second-order valence-electron chi connectivity index (χ2n) is 4.35. The maximum absolute atomic E-state index is 12.7. The van der Waals surface area contributed by atoms with Crippen LogP contribution in [0.4, 0.5) is 13.2 Å². The normalized spacial score (nSPS) is 15.2. The Morgan fingerprint density at radius 3 is 2.35 bits per heavy atom. The molecule has 0 saturated carbocycles. The van der Waals surface area contributed by atoms with E-state index >= 15 is 0 Å². The summed E-state index contributed by atoms with van der Waals surface area (Å²) < 4.78 is 49.1. The lowest BCUT2D eigenvalue weighted by atomic mass is 10.1. The minimum absolute atomic E-state index is 0.0158. The van der Waals surface area contributed by atoms with E-state index in [9.17, 15) is 13.2 Å². The van der Waals surface area contributed by atoms with Crippen LogP contribution in [0.3, 0.4) is 0 Å². The van der Waals surface area contributed by atoms with Crippen LogP contribution >= 0.6 is 11.6 Å². The van der Waals surface area contributed by atoms with E-state index in [1.165, 1.54) is 6.07 Å². The zero-order chi connectivity index (χ0) is 14.3. The zero-order valence-corrected chi connectivity index (χ0v) is 10.9. The van der Waals surface area contributed by atoms with Crippen molar-refractivity contribution in [3.8, 4) is 11.5 Å². The van der Waals surface area contributed by atoms with Crippen LogP contribution in [0.5, 0.6) is 11.5 Å². The van der Waals surface area contributed by atoms with Crippen molar-refractivity contribution in [2.24, 2.45) is 0 Å². The predicted octanol–water partition coefficient (Wildman–Crippen LogP) is 4.07. The summed E-state index contributed by atoms with van der Waals surface area (Å²) in [5.41, 5.74) is -0.890. The van der Waals surface area contributed by atoms with Crippen molar-refractivity contribution in [2.45, 2.75) is 12.6 Å². The van der Waals surface area contributed by atoms with E-state index in [4.69, 9.17) is 21.1 Å². The summed E-state index contributed by atoms with van der Waals surface area (Å²) in [6.07, 6.45) is -3.83. The molecule has 106 valence electrons. The highest BCUT2D eigenvalue weighted by Crippen LogP contribution is 2.38. The Labute approximate surface area is 117 Å². The monoisotopic (exact) mass is 303 g/mol. The molecule has 0 radical (unpaired) electrons. The summed E-state index contributed by atoms with van der Waals surface area (Å²) in [4.78, 5) is 3.60. The van der Waals surface area contributed by atoms with Crippen molar-refractivity contribution in [2.75, 3.05) is 13.2 Å². The van der Waals surface area contributed by atoms with Crippen LogP contribution in [-0.4, -0.2) is 18.2 Å². The molecule has 0 fully saturated rings. The third-order valence-corrected chi connectivity index (χ3v) is 3.23. The molecule has 1 aliphatic heterocycles. The van der Waals surface area contributed by atoms with Crippen LogP contribution < -0.4 is 9.47 Å². The van der Waals surface area contributed by atoms with E-state index in [-0.39, 0.29) is 10.5 Å². The topological polar surface area (TPSA) is 31.4 Å². The molecule has 0 aliphatic carbocycles. The first kappa shape index (κ1) is 13.3. The van der Waals surface area contributed by atoms with Crippen molar-refractivity contribution in [3.63, 3.8) is 0 Å². The number of pyridine rings is 1. The number of fused-ring (bicyclic) bond motifs is 2. The number of nitrogens with zero attached hydrogens (tertiary/aromatic N) is 1. The second-order valence-corrected chi connectivity index (χ2v) is 4.76. The lowest BCUT2D eigenvalue weighted by Gasteiger charge is -2.12. The fourth-order valence-electron chi connectivity index (χ4n) is 1.99. The van der Waals surface area contributed by atoms with E-state index in [0.29, 0.717) is 36.5 Å². The number of hydrogen-bond donors (Lipinski definition) is 0. The Hall–Kier alpha value is -1.69. The molecule has 1 aromatic carbocycles. The molecule has 1 aliphatic rings. The third kappa shape index (κ3) is 2.35. The van der Waals surface area contributed by atoms with Crippen LogP contribution in [-0.2, 0) is 6.18 Å². The quantitative estimate of drug-likeness (QED) is 0.735. The fraction of sp³-hybridized carbons (Fsp3) is 0.308. The average molecular weight is 304 g/mol. The minimum Gasteiger partial charge on any atom is -0.490 e. The highest BCUT2D eigenvalue weighted by atomic mass is 35.5. The summed E-state index contributed by atoms with van der Waals surface area (Å²) >= 11 is 5.92. The number of benzene rings is 1. The van der Waals surface area contributed by atoms with Gasteiger partial charge in [-0.25, -0.2) is 4.98 Å². The molecule has 7 heteroatoms. The van der Waals surface area contributed by atoms with Crippen molar-refractivity contribution in [1.82, 2.24) is 4.98 Å². The molecule has 1 aromatic heterocycles. The molecule has 3 nitrogen and oxygen atoms in total. The number of alkyl halides is 3. The van der Waals surface area contributed by atoms with Crippen LogP contribution in [0.2, 0.25) is 5.02 Å². The number of aromatic nitrogens is 1. The molecular formula is C13H9ClF3NO2. The van der Waals surface area contributed by atoms with E-state index in [0.717, 1.165) is 6.07 Å². The van der Waals surface area contributed by atoms with Gasteiger partial charge in [-0.15, -0.1) is 0 Å². The van der Waals surface area contributed by atoms with Crippen LogP contribution in [0, 0.1) is 0 Å². The molecule has 2 aromatic rings. The number of halogens is 4. The number of hydrogen-bond acceptors (Lipinski definition) is 3. The maximum Gasteiger partial charge on any atom is 0.433 e. The zero-order valence-electron chi connectivity index (χ0n) is 10.1. The largest absolute Gasteiger partial charge is 0.490 e. The Bertz CT molecular complexity index is 673. The van der Waals surface area contributed by atoms with Crippen molar-refractivity contribution < 1.29 is 22.6 Å². The summed E-state index contributed by atoms with van der Waals surface area (Å²) in [6, 6.07) is 3.80. The lowest BCUT2D eigenvalue weighted by Crippen LogP contribution is -2.08. The Morgan fingerprint density at radius 2 is 1.70 bits per heavy atom. The van der Waals surface area contributed by atoms with E-state index < -0.39 is 11.9 Å². The van der Waals surface area contributed by atoms with Crippen LogP contribution in [0.1, 0.15) is 12.1 Å². The summed E-state index contributed by atoms with van der Waals surface area (Å²) in [5, 5.41) is 0.391. The molecule has 0 bridgehead atoms. The van der Waals surface area contributed by atoms with Gasteiger partial charge in [-0.1, -0.05) is 11.6 Å². The van der Waals surface area contributed by atoms with Gasteiger partial charge in [0, 0.05) is 17.9 Å². The standard InChI is InChI=1S/C13H9ClF3NO2/c14-8-5-12(13(15,16)17)18-9-6-11-10(4-7(8)9)19-2-1-3-20-11/h4-6H,1-3H2. The molecule has 0 saturated heterocycles. The van der Waals surface area contributed by atoms with Gasteiger partial charge in [-0.05, 0) is 12.1 Å². The first-order valence-corrected chi connectivity index (χ1v) is 6.30. The highest BCUT2D eigenvalue weighted by molar-refractivity contribution is 6.35. The van der Waals surface area contributed by atoms with Crippen molar-refractivity contribution in [1.29, 1.82) is 0 Å². The van der Waals surface area contributed by atoms with Gasteiger partial charge < -0.3 is 9.47 Å². The summed E-state index contributed by atoms with van der Waals surface area (Å²) in [6.45, 7) is 0.940. The SMILES string of the molecule is FC(F)(F)c1cc(Cl)c2cc3c(cc2n1)OCCCO3.